The Labute approximate surface area is 202 Å². The lowest BCUT2D eigenvalue weighted by Crippen LogP contribution is -2.52. The Bertz CT molecular complexity index is 1070. The molecular formula is C28H39N3O3. The van der Waals surface area contributed by atoms with E-state index in [-0.39, 0.29) is 11.3 Å². The van der Waals surface area contributed by atoms with Gasteiger partial charge in [0.1, 0.15) is 12.1 Å². The normalized spacial score (nSPS) is 41.6. The maximum Gasteiger partial charge on any atom is 0.157 e. The van der Waals surface area contributed by atoms with E-state index in [2.05, 4.69) is 17.2 Å². The fraction of sp³-hybridized carbons (Fsp3) is 0.750. The highest BCUT2D eigenvalue weighted by Crippen LogP contribution is 2.64. The number of ether oxygens (including phenoxy) is 1. The van der Waals surface area contributed by atoms with Gasteiger partial charge in [-0.3, -0.25) is 4.79 Å². The maximum absolute atomic E-state index is 13.6. The predicted octanol–water partition coefficient (Wildman–Crippen LogP) is 4.65. The molecule has 0 spiro atoms. The molecule has 1 unspecified atom stereocenters. The Morgan fingerprint density at radius 3 is 2.76 bits per heavy atom. The average Bonchev–Trinajstić information content (AvgIpc) is 3.39. The summed E-state index contributed by atoms with van der Waals surface area (Å²) >= 11 is 0. The van der Waals surface area contributed by atoms with Crippen LogP contribution >= 0.6 is 0 Å². The van der Waals surface area contributed by atoms with E-state index in [1.807, 2.05) is 24.3 Å². The van der Waals surface area contributed by atoms with Crippen molar-refractivity contribution in [1.29, 1.82) is 0 Å². The van der Waals surface area contributed by atoms with Crippen LogP contribution in [0, 0.1) is 40.9 Å². The van der Waals surface area contributed by atoms with Crippen LogP contribution in [-0.4, -0.2) is 45.2 Å². The minimum absolute atomic E-state index is 0.118. The molecule has 4 aliphatic carbocycles. The average molecular weight is 466 g/mol. The zero-order chi connectivity index (χ0) is 23.5. The van der Waals surface area contributed by atoms with Crippen molar-refractivity contribution >= 4 is 16.8 Å². The van der Waals surface area contributed by atoms with E-state index in [0.29, 0.717) is 30.8 Å². The molecule has 1 heterocycles. The molecule has 34 heavy (non-hydrogen) atoms. The lowest BCUT2D eigenvalue weighted by Gasteiger charge is -2.57. The Kier molecular flexibility index (Phi) is 5.60. The molecule has 4 aliphatic rings. The minimum Gasteiger partial charge on any atom is -0.387 e. The van der Waals surface area contributed by atoms with Crippen LogP contribution in [0.25, 0.3) is 11.0 Å². The van der Waals surface area contributed by atoms with Gasteiger partial charge in [0.15, 0.2) is 5.78 Å². The van der Waals surface area contributed by atoms with E-state index in [9.17, 15) is 9.90 Å². The summed E-state index contributed by atoms with van der Waals surface area (Å²) in [4.78, 5) is 13.6. The molecule has 8 atom stereocenters. The Morgan fingerprint density at radius 2 is 1.91 bits per heavy atom. The van der Waals surface area contributed by atoms with Gasteiger partial charge in [-0.2, -0.15) is 0 Å². The zero-order valence-corrected chi connectivity index (χ0v) is 20.7. The van der Waals surface area contributed by atoms with Crippen LogP contribution in [0.3, 0.4) is 0 Å². The Morgan fingerprint density at radius 1 is 1.09 bits per heavy atom. The van der Waals surface area contributed by atoms with Gasteiger partial charge >= 0.3 is 0 Å². The summed E-state index contributed by atoms with van der Waals surface area (Å²) in [5.41, 5.74) is 1.30. The molecular weight excluding hydrogens is 426 g/mol. The summed E-state index contributed by atoms with van der Waals surface area (Å²) in [6, 6.07) is 7.90. The molecule has 0 saturated heterocycles. The van der Waals surface area contributed by atoms with Gasteiger partial charge in [-0.25, -0.2) is 4.68 Å². The van der Waals surface area contributed by atoms with Crippen LogP contribution in [0.2, 0.25) is 0 Å². The molecule has 2 aromatic rings. The number of carbonyl (C=O) groups is 1. The number of fused-ring (bicyclic) bond motifs is 6. The molecule has 4 fully saturated rings. The SMILES string of the molecule is COC[C@@]1(O)CCC2[C@@H](CC[C@@H]3[C@@H]2CC[C@]2(C)[C@@H](C(=O)Cn4nnc5ccccc54)CC[C@@H]32)C1. The van der Waals surface area contributed by atoms with Crippen molar-refractivity contribution in [1.82, 2.24) is 15.0 Å². The van der Waals surface area contributed by atoms with Crippen LogP contribution in [0.1, 0.15) is 64.7 Å². The molecule has 1 N–H and O–H groups in total. The van der Waals surface area contributed by atoms with Gasteiger partial charge in [-0.05, 0) is 105 Å². The van der Waals surface area contributed by atoms with Crippen molar-refractivity contribution in [3.63, 3.8) is 0 Å². The summed E-state index contributed by atoms with van der Waals surface area (Å²) in [5, 5.41) is 19.5. The number of benzene rings is 1. The van der Waals surface area contributed by atoms with Gasteiger partial charge in [0.05, 0.1) is 17.7 Å². The van der Waals surface area contributed by atoms with E-state index in [0.717, 1.165) is 54.5 Å². The van der Waals surface area contributed by atoms with Crippen LogP contribution in [0.15, 0.2) is 24.3 Å². The third-order valence-electron chi connectivity index (χ3n) is 10.6. The largest absolute Gasteiger partial charge is 0.387 e. The van der Waals surface area contributed by atoms with Crippen molar-refractivity contribution in [2.75, 3.05) is 13.7 Å². The highest BCUT2D eigenvalue weighted by atomic mass is 16.5. The molecule has 6 nitrogen and oxygen atoms in total. The molecule has 6 heteroatoms. The van der Waals surface area contributed by atoms with Crippen molar-refractivity contribution in [2.45, 2.75) is 76.9 Å². The smallest absolute Gasteiger partial charge is 0.157 e. The Balaban J connectivity index is 1.17. The van der Waals surface area contributed by atoms with E-state index in [1.165, 1.54) is 32.1 Å². The number of nitrogens with zero attached hydrogens (tertiary/aromatic N) is 3. The van der Waals surface area contributed by atoms with E-state index in [4.69, 9.17) is 4.74 Å². The monoisotopic (exact) mass is 465 g/mol. The van der Waals surface area contributed by atoms with Gasteiger partial charge in [-0.15, -0.1) is 5.10 Å². The van der Waals surface area contributed by atoms with Crippen LogP contribution in [-0.2, 0) is 16.1 Å². The molecule has 6 rings (SSSR count). The second kappa shape index (κ2) is 8.41. The van der Waals surface area contributed by atoms with Crippen molar-refractivity contribution in [2.24, 2.45) is 40.9 Å². The fourth-order valence-electron chi connectivity index (χ4n) is 9.18. The number of methoxy groups -OCH3 is 1. The number of aromatic nitrogens is 3. The summed E-state index contributed by atoms with van der Waals surface area (Å²) < 4.78 is 7.14. The molecule has 1 aromatic carbocycles. The van der Waals surface area contributed by atoms with Crippen LogP contribution in [0.4, 0.5) is 0 Å². The first kappa shape index (κ1) is 22.7. The number of carbonyl (C=O) groups excluding carboxylic acids is 1. The topological polar surface area (TPSA) is 77.2 Å². The molecule has 0 radical (unpaired) electrons. The highest BCUT2D eigenvalue weighted by Gasteiger charge is 2.59. The van der Waals surface area contributed by atoms with Crippen molar-refractivity contribution in [3.05, 3.63) is 24.3 Å². The van der Waals surface area contributed by atoms with E-state index in [1.54, 1.807) is 11.8 Å². The third-order valence-corrected chi connectivity index (χ3v) is 10.6. The standard InChI is InChI=1S/C28H39N3O3/c1-27-13-11-20-19-12-14-28(33,17-34-2)15-18(19)7-8-21(20)22(27)9-10-23(27)26(32)16-31-25-6-4-3-5-24(25)29-30-31/h3-6,18-23,33H,7-17H2,1-2H3/t18-,19?,20+,21+,22-,23+,27-,28+/m0/s1. The van der Waals surface area contributed by atoms with Crippen molar-refractivity contribution < 1.29 is 14.6 Å². The molecule has 0 aliphatic heterocycles. The summed E-state index contributed by atoms with van der Waals surface area (Å²) in [5.74, 6) is 4.05. The van der Waals surface area contributed by atoms with Gasteiger partial charge in [0, 0.05) is 13.0 Å². The zero-order valence-electron chi connectivity index (χ0n) is 20.7. The predicted molar refractivity (Wildman–Crippen MR) is 130 cm³/mol. The maximum atomic E-state index is 13.6. The summed E-state index contributed by atoms with van der Waals surface area (Å²) in [6.07, 6.45) is 10.0. The van der Waals surface area contributed by atoms with Crippen molar-refractivity contribution in [3.8, 4) is 0 Å². The molecule has 1 aromatic heterocycles. The first-order chi connectivity index (χ1) is 16.4. The molecule has 0 bridgehead atoms. The van der Waals surface area contributed by atoms with Gasteiger partial charge in [0.25, 0.3) is 0 Å². The van der Waals surface area contributed by atoms with Gasteiger partial charge in [0.2, 0.25) is 0 Å². The Hall–Kier alpha value is -1.79. The second-order valence-electron chi connectivity index (χ2n) is 12.2. The van der Waals surface area contributed by atoms with Crippen LogP contribution in [0.5, 0.6) is 0 Å². The quantitative estimate of drug-likeness (QED) is 0.696. The summed E-state index contributed by atoms with van der Waals surface area (Å²) in [6.45, 7) is 3.23. The van der Waals surface area contributed by atoms with Crippen LogP contribution < -0.4 is 0 Å². The van der Waals surface area contributed by atoms with Gasteiger partial charge < -0.3 is 9.84 Å². The second-order valence-corrected chi connectivity index (χ2v) is 12.2. The number of para-hydroxylation sites is 1. The minimum atomic E-state index is -0.623. The number of rotatable bonds is 5. The lowest BCUT2D eigenvalue weighted by molar-refractivity contribution is -0.136. The van der Waals surface area contributed by atoms with Gasteiger partial charge in [-0.1, -0.05) is 24.3 Å². The number of aliphatic hydroxyl groups is 1. The molecule has 0 amide bonds. The molecule has 4 saturated carbocycles. The third kappa shape index (κ3) is 3.55. The fourth-order valence-corrected chi connectivity index (χ4v) is 9.18. The number of Topliss-reactive ketones (excluding diaryl/α,β-unsaturated/α-hetero) is 1. The number of ketones is 1. The number of hydrogen-bond donors (Lipinski definition) is 1. The summed E-state index contributed by atoms with van der Waals surface area (Å²) in [7, 11) is 1.70. The molecule has 184 valence electrons. The number of hydrogen-bond acceptors (Lipinski definition) is 5. The van der Waals surface area contributed by atoms with E-state index >= 15 is 0 Å². The highest BCUT2D eigenvalue weighted by molar-refractivity contribution is 5.84. The van der Waals surface area contributed by atoms with E-state index < -0.39 is 5.60 Å². The first-order valence-electron chi connectivity index (χ1n) is 13.4. The first-order valence-corrected chi connectivity index (χ1v) is 13.4. The lowest BCUT2D eigenvalue weighted by atomic mass is 9.49.